The average Bonchev–Trinajstić information content (AvgIpc) is 1.06. The number of anilines is 6. The molecule has 10 aromatic carbocycles. The number of hydrogen-bond donors (Lipinski definition) is 0. The van der Waals surface area contributed by atoms with Crippen molar-refractivity contribution in [1.29, 1.82) is 0 Å². The second kappa shape index (κ2) is 21.0. The standard InChI is InChI=1S/C84H90BN3Si/c1-79(2,3)55-43-48-70-62(51-55)63-52-56(80(4,5)6)44-49-71(63)86(70)57-45-47-68-75(53-57)88(78-66(83(13,14)15)39-29-40-67(78)84(16,17)18)74-42-30-41-73-76(74)85(68)69-54-61(46-50-72(69)87(73)77-64(81(7,8)9)37-28-38-65(77)82(10,11)12)89(58-31-22-19-23-32-58,59-33-24-20-25-34-59)60-35-26-21-27-36-60/h19-54H,1-18H3. The highest BCUT2D eigenvalue weighted by molar-refractivity contribution is 7.20. The summed E-state index contributed by atoms with van der Waals surface area (Å²) in [6.45, 7) is 42.6. The van der Waals surface area contributed by atoms with Crippen LogP contribution < -0.4 is 46.9 Å². The molecule has 0 spiro atoms. The molecule has 0 aliphatic carbocycles. The summed E-state index contributed by atoms with van der Waals surface area (Å²) in [7, 11) is -3.05. The summed E-state index contributed by atoms with van der Waals surface area (Å²) in [6, 6.07) is 85.7. The van der Waals surface area contributed by atoms with E-state index in [-0.39, 0.29) is 39.2 Å². The van der Waals surface area contributed by atoms with E-state index >= 15 is 0 Å². The highest BCUT2D eigenvalue weighted by Gasteiger charge is 2.49. The van der Waals surface area contributed by atoms with E-state index in [1.165, 1.54) is 126 Å². The molecule has 0 saturated carbocycles. The zero-order valence-corrected chi connectivity index (χ0v) is 57.2. The molecular weight excluding hydrogens is 1090 g/mol. The van der Waals surface area contributed by atoms with E-state index in [1.54, 1.807) is 0 Å². The van der Waals surface area contributed by atoms with E-state index in [0.29, 0.717) is 0 Å². The van der Waals surface area contributed by atoms with Gasteiger partial charge < -0.3 is 14.4 Å². The van der Waals surface area contributed by atoms with Gasteiger partial charge in [-0.3, -0.25) is 0 Å². The maximum Gasteiger partial charge on any atom is 0.252 e. The van der Waals surface area contributed by atoms with Crippen LogP contribution in [-0.4, -0.2) is 19.4 Å². The van der Waals surface area contributed by atoms with Gasteiger partial charge in [-0.25, -0.2) is 0 Å². The van der Waals surface area contributed by atoms with Crippen molar-refractivity contribution in [2.75, 3.05) is 9.80 Å². The number of para-hydroxylation sites is 2. The van der Waals surface area contributed by atoms with Gasteiger partial charge in [0.05, 0.1) is 22.4 Å². The second-order valence-electron chi connectivity index (χ2n) is 31.9. The first-order chi connectivity index (χ1) is 42.0. The Morgan fingerprint density at radius 2 is 0.685 bits per heavy atom. The van der Waals surface area contributed by atoms with E-state index in [1.807, 2.05) is 0 Å². The van der Waals surface area contributed by atoms with E-state index in [4.69, 9.17) is 0 Å². The monoisotopic (exact) mass is 1180 g/mol. The van der Waals surface area contributed by atoms with Gasteiger partial charge in [-0.1, -0.05) is 288 Å². The summed E-state index contributed by atoms with van der Waals surface area (Å²) in [5.41, 5.74) is 22.1. The summed E-state index contributed by atoms with van der Waals surface area (Å²) in [6.07, 6.45) is 0. The Balaban J connectivity index is 1.21. The SMILES string of the molecule is CC(C)(C)c1ccc2c(c1)c1cc(C(C)(C)C)ccc1n2-c1ccc2c(c1)N(c1c(C(C)(C)C)cccc1C(C)(C)C)c1cccc3c1B2c1cc([Si](c2ccccc2)(c2ccccc2)c2ccccc2)ccc1N3c1c(C(C)(C)C)cccc1C(C)(C)C. The third-order valence-corrected chi connectivity index (χ3v) is 24.3. The maximum atomic E-state index is 2.74. The number of fused-ring (bicyclic) bond motifs is 7. The molecule has 448 valence electrons. The van der Waals surface area contributed by atoms with Crippen LogP contribution in [0.5, 0.6) is 0 Å². The Morgan fingerprint density at radius 3 is 1.08 bits per heavy atom. The highest BCUT2D eigenvalue weighted by Crippen LogP contribution is 2.53. The lowest BCUT2D eigenvalue weighted by Crippen LogP contribution is -2.75. The van der Waals surface area contributed by atoms with Crippen molar-refractivity contribution >= 4 is 108 Å². The normalized spacial score (nSPS) is 13.9. The smallest absolute Gasteiger partial charge is 0.252 e. The molecule has 0 unspecified atom stereocenters. The van der Waals surface area contributed by atoms with Crippen molar-refractivity contribution < 1.29 is 0 Å². The number of benzene rings is 10. The van der Waals surface area contributed by atoms with Crippen LogP contribution in [0.2, 0.25) is 0 Å². The minimum atomic E-state index is -3.05. The van der Waals surface area contributed by atoms with Crippen LogP contribution in [0, 0.1) is 0 Å². The molecule has 2 aliphatic rings. The molecule has 0 N–H and O–H groups in total. The molecule has 2 aliphatic heterocycles. The van der Waals surface area contributed by atoms with Crippen LogP contribution in [0.25, 0.3) is 27.5 Å². The van der Waals surface area contributed by atoms with Crippen LogP contribution in [0.3, 0.4) is 0 Å². The highest BCUT2D eigenvalue weighted by atomic mass is 28.3. The molecule has 13 rings (SSSR count). The largest absolute Gasteiger partial charge is 0.311 e. The van der Waals surface area contributed by atoms with Gasteiger partial charge in [0.25, 0.3) is 6.71 Å². The lowest BCUT2D eigenvalue weighted by molar-refractivity contribution is 0.569. The lowest BCUT2D eigenvalue weighted by atomic mass is 9.33. The Hall–Kier alpha value is -8.12. The molecule has 1 aromatic heterocycles. The van der Waals surface area contributed by atoms with Crippen molar-refractivity contribution in [2.45, 2.75) is 157 Å². The van der Waals surface area contributed by atoms with Gasteiger partial charge in [0.2, 0.25) is 0 Å². The minimum absolute atomic E-state index is 0.0195. The van der Waals surface area contributed by atoms with Crippen LogP contribution in [0.1, 0.15) is 158 Å². The fraction of sp³-hybridized carbons (Fsp3) is 0.286. The van der Waals surface area contributed by atoms with Crippen molar-refractivity contribution in [2.24, 2.45) is 0 Å². The number of nitrogens with zero attached hydrogens (tertiary/aromatic N) is 3. The summed E-state index contributed by atoms with van der Waals surface area (Å²) < 4.78 is 2.57. The van der Waals surface area contributed by atoms with Crippen LogP contribution in [-0.2, 0) is 32.5 Å². The van der Waals surface area contributed by atoms with Crippen LogP contribution in [0.15, 0.2) is 218 Å². The molecule has 11 aromatic rings. The van der Waals surface area contributed by atoms with Crippen molar-refractivity contribution in [3.8, 4) is 5.69 Å². The van der Waals surface area contributed by atoms with Gasteiger partial charge in [0.15, 0.2) is 8.07 Å². The van der Waals surface area contributed by atoms with Gasteiger partial charge in [-0.15, -0.1) is 0 Å². The zero-order valence-electron chi connectivity index (χ0n) is 56.2. The summed E-state index contributed by atoms with van der Waals surface area (Å²) in [5, 5.41) is 8.04. The fourth-order valence-electron chi connectivity index (χ4n) is 15.1. The molecule has 5 heteroatoms. The van der Waals surface area contributed by atoms with E-state index in [2.05, 4.69) is 357 Å². The molecule has 0 fully saturated rings. The zero-order chi connectivity index (χ0) is 63.1. The van der Waals surface area contributed by atoms with Gasteiger partial charge in [0.1, 0.15) is 0 Å². The van der Waals surface area contributed by atoms with Gasteiger partial charge in [-0.2, -0.15) is 0 Å². The second-order valence-corrected chi connectivity index (χ2v) is 35.7. The number of rotatable bonds is 7. The molecule has 0 radical (unpaired) electrons. The number of aromatic nitrogens is 1. The predicted molar refractivity (Wildman–Crippen MR) is 391 cm³/mol. The van der Waals surface area contributed by atoms with Crippen LogP contribution in [0.4, 0.5) is 34.1 Å². The fourth-order valence-corrected chi connectivity index (χ4v) is 19.8. The maximum absolute atomic E-state index is 3.05. The first-order valence-electron chi connectivity index (χ1n) is 32.5. The Bertz CT molecular complexity index is 4320. The van der Waals surface area contributed by atoms with E-state index in [0.717, 1.165) is 5.69 Å². The third kappa shape index (κ3) is 9.84. The molecule has 0 atom stereocenters. The molecule has 3 nitrogen and oxygen atoms in total. The third-order valence-electron chi connectivity index (χ3n) is 19.5. The molecule has 0 saturated heterocycles. The van der Waals surface area contributed by atoms with E-state index in [9.17, 15) is 0 Å². The molecule has 0 bridgehead atoms. The summed E-state index contributed by atoms with van der Waals surface area (Å²) in [4.78, 5) is 5.46. The lowest BCUT2D eigenvalue weighted by Gasteiger charge is -2.48. The topological polar surface area (TPSA) is 11.4 Å². The summed E-state index contributed by atoms with van der Waals surface area (Å²) >= 11 is 0. The van der Waals surface area contributed by atoms with Crippen LogP contribution >= 0.6 is 0 Å². The summed E-state index contributed by atoms with van der Waals surface area (Å²) in [5.74, 6) is 0. The Labute approximate surface area is 533 Å². The average molecular weight is 1180 g/mol. The van der Waals surface area contributed by atoms with Crippen molar-refractivity contribution in [1.82, 2.24) is 4.57 Å². The van der Waals surface area contributed by atoms with Gasteiger partial charge >= 0.3 is 0 Å². The first kappa shape index (κ1) is 59.8. The molecule has 0 amide bonds. The van der Waals surface area contributed by atoms with Crippen molar-refractivity contribution in [3.05, 3.63) is 252 Å². The van der Waals surface area contributed by atoms with Gasteiger partial charge in [0, 0.05) is 39.2 Å². The first-order valence-corrected chi connectivity index (χ1v) is 34.5. The molecular formula is C84H90BN3Si. The predicted octanol–water partition coefficient (Wildman–Crippen LogP) is 18.0. The van der Waals surface area contributed by atoms with Gasteiger partial charge in [-0.05, 0) is 158 Å². The minimum Gasteiger partial charge on any atom is -0.311 e. The molecule has 3 heterocycles. The van der Waals surface area contributed by atoms with E-state index < -0.39 is 8.07 Å². The Morgan fingerprint density at radius 1 is 0.292 bits per heavy atom. The molecule has 89 heavy (non-hydrogen) atoms. The van der Waals surface area contributed by atoms with Crippen molar-refractivity contribution in [3.63, 3.8) is 0 Å². The quantitative estimate of drug-likeness (QED) is 0.116. The Kier molecular flexibility index (Phi) is 14.1. The number of hydrogen-bond acceptors (Lipinski definition) is 2.